The predicted octanol–water partition coefficient (Wildman–Crippen LogP) is 6.19. The van der Waals surface area contributed by atoms with Crippen LogP contribution in [-0.2, 0) is 15.0 Å². The van der Waals surface area contributed by atoms with Crippen molar-refractivity contribution >= 4 is 29.1 Å². The minimum absolute atomic E-state index is 0.0385. The van der Waals surface area contributed by atoms with Crippen molar-refractivity contribution in [2.24, 2.45) is 0 Å². The second kappa shape index (κ2) is 12.1. The van der Waals surface area contributed by atoms with E-state index >= 15 is 0 Å². The number of amides is 1. The van der Waals surface area contributed by atoms with Crippen LogP contribution in [-0.4, -0.2) is 59.4 Å². The smallest absolute Gasteiger partial charge is 0.295 e. The predicted molar refractivity (Wildman–Crippen MR) is 149 cm³/mol. The number of hydrogen-bond donors (Lipinski definition) is 1. The molecule has 2 aromatic carbocycles. The number of rotatable bonds is 10. The standard InChI is InChI=1S/C30H39ClN2O4/c1-7-32(8-2)17-10-18-33-26(20-11-14-22(15-12-20)30(4,5)6)25(28(35)29(33)36)27(34)21-13-16-24(37-9-3)23(31)19-21/h11-16,19,26,34H,7-10,17-18H2,1-6H3/b27-25+/t26-/m1/s1. The normalized spacial score (nSPS) is 17.6. The highest BCUT2D eigenvalue weighted by Gasteiger charge is 2.45. The molecular weight excluding hydrogens is 488 g/mol. The molecule has 2 aromatic rings. The fraction of sp³-hybridized carbons (Fsp3) is 0.467. The lowest BCUT2D eigenvalue weighted by Gasteiger charge is -2.27. The molecular formula is C30H39ClN2O4. The molecule has 0 aromatic heterocycles. The number of ketones is 1. The van der Waals surface area contributed by atoms with Crippen LogP contribution in [0, 0.1) is 0 Å². The molecule has 3 rings (SSSR count). The third kappa shape index (κ3) is 6.36. The number of Topliss-reactive ketones (excluding diaryl/α,β-unsaturated/α-hetero) is 1. The monoisotopic (exact) mass is 526 g/mol. The molecule has 1 atom stereocenters. The number of nitrogens with zero attached hydrogens (tertiary/aromatic N) is 2. The topological polar surface area (TPSA) is 70.1 Å². The van der Waals surface area contributed by atoms with Crippen LogP contribution in [0.3, 0.4) is 0 Å². The summed E-state index contributed by atoms with van der Waals surface area (Å²) in [4.78, 5) is 30.5. The molecule has 1 heterocycles. The summed E-state index contributed by atoms with van der Waals surface area (Å²) < 4.78 is 5.50. The van der Waals surface area contributed by atoms with Gasteiger partial charge in [-0.15, -0.1) is 0 Å². The van der Waals surface area contributed by atoms with Crippen molar-refractivity contribution in [3.8, 4) is 5.75 Å². The molecule has 0 radical (unpaired) electrons. The molecule has 0 spiro atoms. The average molecular weight is 527 g/mol. The maximum absolute atomic E-state index is 13.3. The Bertz CT molecular complexity index is 1150. The lowest BCUT2D eigenvalue weighted by Crippen LogP contribution is -2.33. The van der Waals surface area contributed by atoms with E-state index in [1.54, 1.807) is 23.1 Å². The molecule has 0 unspecified atom stereocenters. The number of benzene rings is 2. The van der Waals surface area contributed by atoms with Gasteiger partial charge in [0.2, 0.25) is 0 Å². The summed E-state index contributed by atoms with van der Waals surface area (Å²) in [5, 5.41) is 11.7. The van der Waals surface area contributed by atoms with Crippen LogP contribution in [0.4, 0.5) is 0 Å². The molecule has 1 fully saturated rings. The van der Waals surface area contributed by atoms with E-state index in [9.17, 15) is 14.7 Å². The number of hydrogen-bond acceptors (Lipinski definition) is 5. The zero-order valence-corrected chi connectivity index (χ0v) is 23.6. The largest absolute Gasteiger partial charge is 0.507 e. The van der Waals surface area contributed by atoms with Crippen LogP contribution in [0.5, 0.6) is 5.75 Å². The number of aliphatic hydroxyl groups excluding tert-OH is 1. The Labute approximate surface area is 225 Å². The van der Waals surface area contributed by atoms with Gasteiger partial charge in [-0.25, -0.2) is 0 Å². The van der Waals surface area contributed by atoms with E-state index in [2.05, 4.69) is 39.5 Å². The Kier molecular flexibility index (Phi) is 9.43. The Morgan fingerprint density at radius 2 is 1.70 bits per heavy atom. The Balaban J connectivity index is 2.07. The minimum atomic E-state index is -0.685. The van der Waals surface area contributed by atoms with E-state index in [1.165, 1.54) is 0 Å². The number of carbonyl (C=O) groups excluding carboxylic acids is 2. The molecule has 1 aliphatic heterocycles. The first-order valence-electron chi connectivity index (χ1n) is 13.1. The average Bonchev–Trinajstić information content (AvgIpc) is 3.12. The van der Waals surface area contributed by atoms with Gasteiger partial charge in [0.25, 0.3) is 11.7 Å². The SMILES string of the molecule is CCOc1ccc(/C(O)=C2\C(=O)C(=O)N(CCCN(CC)CC)[C@@H]2c2ccc(C(C)(C)C)cc2)cc1Cl. The van der Waals surface area contributed by atoms with Crippen molar-refractivity contribution in [1.29, 1.82) is 0 Å². The third-order valence-electron chi connectivity index (χ3n) is 6.91. The molecule has 1 N–H and O–H groups in total. The van der Waals surface area contributed by atoms with E-state index in [1.807, 2.05) is 31.2 Å². The van der Waals surface area contributed by atoms with E-state index < -0.39 is 17.7 Å². The lowest BCUT2D eigenvalue weighted by molar-refractivity contribution is -0.140. The maximum atomic E-state index is 13.3. The minimum Gasteiger partial charge on any atom is -0.507 e. The zero-order valence-electron chi connectivity index (χ0n) is 22.8. The van der Waals surface area contributed by atoms with Crippen LogP contribution >= 0.6 is 11.6 Å². The molecule has 0 saturated carbocycles. The maximum Gasteiger partial charge on any atom is 0.295 e. The van der Waals surface area contributed by atoms with Crippen molar-refractivity contribution < 1.29 is 19.4 Å². The first kappa shape index (κ1) is 28.7. The molecule has 1 amide bonds. The van der Waals surface area contributed by atoms with Crippen LogP contribution in [0.15, 0.2) is 48.0 Å². The number of halogens is 1. The molecule has 0 aliphatic carbocycles. The summed E-state index contributed by atoms with van der Waals surface area (Å²) in [5.41, 5.74) is 2.34. The summed E-state index contributed by atoms with van der Waals surface area (Å²) in [6, 6.07) is 12.2. The Morgan fingerprint density at radius 3 is 2.24 bits per heavy atom. The number of carbonyl (C=O) groups is 2. The molecule has 37 heavy (non-hydrogen) atoms. The van der Waals surface area contributed by atoms with Gasteiger partial charge in [0.05, 0.1) is 23.2 Å². The van der Waals surface area contributed by atoms with E-state index in [-0.39, 0.29) is 16.7 Å². The van der Waals surface area contributed by atoms with E-state index in [0.717, 1.165) is 37.2 Å². The van der Waals surface area contributed by atoms with Crippen LogP contribution in [0.2, 0.25) is 5.02 Å². The summed E-state index contributed by atoms with van der Waals surface area (Å²) >= 11 is 6.37. The summed E-state index contributed by atoms with van der Waals surface area (Å²) in [5.74, 6) is -1.02. The van der Waals surface area contributed by atoms with Gasteiger partial charge < -0.3 is 19.6 Å². The van der Waals surface area contributed by atoms with Crippen molar-refractivity contribution in [3.05, 3.63) is 69.8 Å². The number of likely N-dealkylation sites (tertiary alicyclic amines) is 1. The third-order valence-corrected chi connectivity index (χ3v) is 7.20. The highest BCUT2D eigenvalue weighted by molar-refractivity contribution is 6.46. The van der Waals surface area contributed by atoms with Crippen LogP contribution in [0.25, 0.3) is 5.76 Å². The lowest BCUT2D eigenvalue weighted by atomic mass is 9.85. The van der Waals surface area contributed by atoms with Crippen molar-refractivity contribution in [2.75, 3.05) is 32.8 Å². The molecule has 1 saturated heterocycles. The van der Waals surface area contributed by atoms with Crippen LogP contribution in [0.1, 0.15) is 70.7 Å². The van der Waals surface area contributed by atoms with Gasteiger partial charge in [-0.2, -0.15) is 0 Å². The summed E-state index contributed by atoms with van der Waals surface area (Å²) in [6.45, 7) is 16.0. The fourth-order valence-corrected chi connectivity index (χ4v) is 4.94. The fourth-order valence-electron chi connectivity index (χ4n) is 4.70. The summed E-state index contributed by atoms with van der Waals surface area (Å²) in [6.07, 6.45) is 0.722. The van der Waals surface area contributed by atoms with Gasteiger partial charge in [0, 0.05) is 12.1 Å². The molecule has 200 valence electrons. The highest BCUT2D eigenvalue weighted by Crippen LogP contribution is 2.41. The van der Waals surface area contributed by atoms with E-state index in [4.69, 9.17) is 16.3 Å². The first-order valence-corrected chi connectivity index (χ1v) is 13.4. The second-order valence-corrected chi connectivity index (χ2v) is 10.7. The number of ether oxygens (including phenoxy) is 1. The second-order valence-electron chi connectivity index (χ2n) is 10.3. The van der Waals surface area contributed by atoms with Gasteiger partial charge in [-0.1, -0.05) is 70.5 Å². The van der Waals surface area contributed by atoms with Crippen molar-refractivity contribution in [1.82, 2.24) is 9.80 Å². The van der Waals surface area contributed by atoms with Crippen LogP contribution < -0.4 is 4.74 Å². The Hall–Kier alpha value is -2.83. The van der Waals surface area contributed by atoms with Gasteiger partial charge in [-0.3, -0.25) is 9.59 Å². The molecule has 1 aliphatic rings. The first-order chi connectivity index (χ1) is 17.5. The van der Waals surface area contributed by atoms with Gasteiger partial charge in [-0.05, 0) is 67.7 Å². The van der Waals surface area contributed by atoms with Gasteiger partial charge in [0.15, 0.2) is 0 Å². The molecule has 6 nitrogen and oxygen atoms in total. The Morgan fingerprint density at radius 1 is 1.05 bits per heavy atom. The van der Waals surface area contributed by atoms with Crippen molar-refractivity contribution in [2.45, 2.75) is 59.4 Å². The zero-order chi connectivity index (χ0) is 27.3. The van der Waals surface area contributed by atoms with Gasteiger partial charge >= 0.3 is 0 Å². The van der Waals surface area contributed by atoms with Crippen molar-refractivity contribution in [3.63, 3.8) is 0 Å². The van der Waals surface area contributed by atoms with E-state index in [0.29, 0.717) is 29.5 Å². The summed E-state index contributed by atoms with van der Waals surface area (Å²) in [7, 11) is 0. The molecule has 0 bridgehead atoms. The van der Waals surface area contributed by atoms with Gasteiger partial charge in [0.1, 0.15) is 11.5 Å². The highest BCUT2D eigenvalue weighted by atomic mass is 35.5. The number of aliphatic hydroxyl groups is 1. The molecule has 7 heteroatoms. The quantitative estimate of drug-likeness (QED) is 0.227.